The third-order valence-electron chi connectivity index (χ3n) is 4.55. The molecule has 5 nitrogen and oxygen atoms in total. The molecule has 1 fully saturated rings. The number of fused-ring (bicyclic) bond motifs is 1. The molecule has 1 saturated carbocycles. The van der Waals surface area contributed by atoms with Gasteiger partial charge in [0.15, 0.2) is 5.69 Å². The minimum atomic E-state index is 0.131. The Kier molecular flexibility index (Phi) is 5.14. The first kappa shape index (κ1) is 16.9. The zero-order chi connectivity index (χ0) is 17.1. The van der Waals surface area contributed by atoms with Crippen LogP contribution in [0.5, 0.6) is 5.88 Å². The molecule has 1 aromatic heterocycles. The fourth-order valence-electron chi connectivity index (χ4n) is 3.40. The van der Waals surface area contributed by atoms with E-state index in [0.717, 1.165) is 23.7 Å². The molecule has 0 saturated heterocycles. The summed E-state index contributed by atoms with van der Waals surface area (Å²) in [4.78, 5) is 0. The van der Waals surface area contributed by atoms with E-state index >= 15 is 0 Å². The maximum atomic E-state index is 10.6. The Labute approximate surface area is 147 Å². The van der Waals surface area contributed by atoms with Gasteiger partial charge >= 0.3 is 0 Å². The average Bonchev–Trinajstić information content (AvgIpc) is 2.85. The maximum Gasteiger partial charge on any atom is 0.221 e. The highest BCUT2D eigenvalue weighted by atomic mass is 32.1. The average molecular weight is 344 g/mol. The Morgan fingerprint density at radius 2 is 1.96 bits per heavy atom. The fourth-order valence-corrected chi connectivity index (χ4v) is 3.61. The van der Waals surface area contributed by atoms with Gasteiger partial charge in [0.25, 0.3) is 0 Å². The summed E-state index contributed by atoms with van der Waals surface area (Å²) in [5, 5.41) is 23.5. The smallest absolute Gasteiger partial charge is 0.221 e. The SMILES string of the molecule is CC(C)n1c(O)c(N=NC(=S)NC2CCCCC2)c2ccccc21. The third kappa shape index (κ3) is 3.43. The molecule has 1 aliphatic carbocycles. The van der Waals surface area contributed by atoms with Crippen LogP contribution in [0, 0.1) is 0 Å². The van der Waals surface area contributed by atoms with E-state index in [1.807, 2.05) is 42.7 Å². The number of rotatable bonds is 3. The van der Waals surface area contributed by atoms with Crippen LogP contribution in [-0.2, 0) is 0 Å². The molecule has 0 bridgehead atoms. The van der Waals surface area contributed by atoms with Gasteiger partial charge in [0.1, 0.15) is 0 Å². The summed E-state index contributed by atoms with van der Waals surface area (Å²) in [6, 6.07) is 8.34. The monoisotopic (exact) mass is 344 g/mol. The Morgan fingerprint density at radius 1 is 1.25 bits per heavy atom. The van der Waals surface area contributed by atoms with Crippen LogP contribution >= 0.6 is 12.2 Å². The first-order chi connectivity index (χ1) is 11.6. The number of nitrogens with zero attached hydrogens (tertiary/aromatic N) is 3. The Morgan fingerprint density at radius 3 is 2.67 bits per heavy atom. The summed E-state index contributed by atoms with van der Waals surface area (Å²) in [6.07, 6.45) is 6.04. The van der Waals surface area contributed by atoms with E-state index < -0.39 is 0 Å². The number of hydrogen-bond acceptors (Lipinski definition) is 3. The highest BCUT2D eigenvalue weighted by molar-refractivity contribution is 7.80. The summed E-state index contributed by atoms with van der Waals surface area (Å²) >= 11 is 5.30. The van der Waals surface area contributed by atoms with Crippen molar-refractivity contribution in [3.63, 3.8) is 0 Å². The Bertz CT molecular complexity index is 760. The number of nitrogens with one attached hydrogen (secondary N) is 1. The Hall–Kier alpha value is -1.95. The van der Waals surface area contributed by atoms with Gasteiger partial charge in [-0.2, -0.15) is 0 Å². The topological polar surface area (TPSA) is 61.9 Å². The molecule has 1 heterocycles. The van der Waals surface area contributed by atoms with Gasteiger partial charge in [-0.1, -0.05) is 37.5 Å². The number of para-hydroxylation sites is 1. The van der Waals surface area contributed by atoms with Crippen molar-refractivity contribution in [1.29, 1.82) is 0 Å². The van der Waals surface area contributed by atoms with Gasteiger partial charge in [-0.15, -0.1) is 10.2 Å². The van der Waals surface area contributed by atoms with Crippen molar-refractivity contribution in [3.05, 3.63) is 24.3 Å². The van der Waals surface area contributed by atoms with Gasteiger partial charge in [0, 0.05) is 17.5 Å². The first-order valence-electron chi connectivity index (χ1n) is 8.62. The van der Waals surface area contributed by atoms with Crippen molar-refractivity contribution >= 4 is 33.9 Å². The van der Waals surface area contributed by atoms with E-state index in [1.165, 1.54) is 19.3 Å². The molecule has 0 unspecified atom stereocenters. The lowest BCUT2D eigenvalue weighted by molar-refractivity contribution is 0.407. The molecule has 0 amide bonds. The zero-order valence-corrected chi connectivity index (χ0v) is 15.0. The summed E-state index contributed by atoms with van der Waals surface area (Å²) in [7, 11) is 0. The lowest BCUT2D eigenvalue weighted by atomic mass is 9.96. The normalized spacial score (nSPS) is 16.3. The zero-order valence-electron chi connectivity index (χ0n) is 14.2. The van der Waals surface area contributed by atoms with E-state index in [0.29, 0.717) is 16.8 Å². The van der Waals surface area contributed by atoms with Gasteiger partial charge in [-0.25, -0.2) is 0 Å². The number of benzene rings is 1. The molecule has 0 spiro atoms. The van der Waals surface area contributed by atoms with Crippen LogP contribution in [0.3, 0.4) is 0 Å². The van der Waals surface area contributed by atoms with Crippen LogP contribution in [0.25, 0.3) is 10.9 Å². The van der Waals surface area contributed by atoms with Crippen molar-refractivity contribution in [2.24, 2.45) is 10.2 Å². The van der Waals surface area contributed by atoms with Crippen LogP contribution in [0.2, 0.25) is 0 Å². The molecule has 1 aromatic carbocycles. The standard InChI is InChI=1S/C18H24N4OS/c1-12(2)22-15-11-7-6-10-14(15)16(17(22)23)20-21-18(24)19-13-8-4-3-5-9-13/h6-7,10-13,23H,3-5,8-9H2,1-2H3,(H,19,24). The van der Waals surface area contributed by atoms with Crippen LogP contribution < -0.4 is 5.32 Å². The number of aromatic hydroxyl groups is 1. The highest BCUT2D eigenvalue weighted by Gasteiger charge is 2.18. The second kappa shape index (κ2) is 7.30. The van der Waals surface area contributed by atoms with Crippen molar-refractivity contribution in [3.8, 4) is 5.88 Å². The molecule has 2 aromatic rings. The van der Waals surface area contributed by atoms with Crippen molar-refractivity contribution in [1.82, 2.24) is 9.88 Å². The van der Waals surface area contributed by atoms with Gasteiger partial charge in [0.05, 0.1) is 5.52 Å². The molecule has 6 heteroatoms. The number of thiocarbonyl (C=S) groups is 1. The first-order valence-corrected chi connectivity index (χ1v) is 9.03. The molecule has 24 heavy (non-hydrogen) atoms. The second-order valence-electron chi connectivity index (χ2n) is 6.64. The molecule has 0 radical (unpaired) electrons. The largest absolute Gasteiger partial charge is 0.493 e. The van der Waals surface area contributed by atoms with Crippen LogP contribution in [0.1, 0.15) is 52.0 Å². The van der Waals surface area contributed by atoms with E-state index in [9.17, 15) is 5.11 Å². The van der Waals surface area contributed by atoms with Crippen LogP contribution in [0.4, 0.5) is 5.69 Å². The third-order valence-corrected chi connectivity index (χ3v) is 4.75. The van der Waals surface area contributed by atoms with Gasteiger partial charge in [-0.05, 0) is 45.0 Å². The van der Waals surface area contributed by atoms with E-state index in [-0.39, 0.29) is 11.9 Å². The lowest BCUT2D eigenvalue weighted by Gasteiger charge is -2.22. The predicted molar refractivity (Wildman–Crippen MR) is 101 cm³/mol. The highest BCUT2D eigenvalue weighted by Crippen LogP contribution is 2.40. The van der Waals surface area contributed by atoms with Crippen LogP contribution in [0.15, 0.2) is 34.5 Å². The molecule has 0 aliphatic heterocycles. The number of azo groups is 1. The minimum absolute atomic E-state index is 0.131. The summed E-state index contributed by atoms with van der Waals surface area (Å²) in [6.45, 7) is 4.06. The van der Waals surface area contributed by atoms with Crippen LogP contribution in [-0.4, -0.2) is 20.8 Å². The summed E-state index contributed by atoms with van der Waals surface area (Å²) in [5.74, 6) is 0.135. The van der Waals surface area contributed by atoms with Crippen molar-refractivity contribution in [2.45, 2.75) is 58.0 Å². The molecule has 3 rings (SSSR count). The predicted octanol–water partition coefficient (Wildman–Crippen LogP) is 5.22. The van der Waals surface area contributed by atoms with E-state index in [4.69, 9.17) is 12.2 Å². The minimum Gasteiger partial charge on any atom is -0.493 e. The van der Waals surface area contributed by atoms with Gasteiger partial charge < -0.3 is 15.0 Å². The van der Waals surface area contributed by atoms with Gasteiger partial charge in [0.2, 0.25) is 11.0 Å². The molecule has 0 atom stereocenters. The Balaban J connectivity index is 1.84. The van der Waals surface area contributed by atoms with Crippen molar-refractivity contribution in [2.75, 3.05) is 0 Å². The molecular weight excluding hydrogens is 320 g/mol. The molecule has 1 aliphatic rings. The van der Waals surface area contributed by atoms with Crippen molar-refractivity contribution < 1.29 is 5.11 Å². The quantitative estimate of drug-likeness (QED) is 0.593. The summed E-state index contributed by atoms with van der Waals surface area (Å²) in [5.41, 5.74) is 1.43. The second-order valence-corrected chi connectivity index (χ2v) is 7.02. The summed E-state index contributed by atoms with van der Waals surface area (Å²) < 4.78 is 1.86. The number of aromatic nitrogens is 1. The maximum absolute atomic E-state index is 10.6. The van der Waals surface area contributed by atoms with Gasteiger partial charge in [-0.3, -0.25) is 0 Å². The molecule has 128 valence electrons. The lowest BCUT2D eigenvalue weighted by Crippen LogP contribution is -2.33. The molecule has 2 N–H and O–H groups in total. The number of hydrogen-bond donors (Lipinski definition) is 2. The van der Waals surface area contributed by atoms with E-state index in [1.54, 1.807) is 0 Å². The van der Waals surface area contributed by atoms with E-state index in [2.05, 4.69) is 15.5 Å². The fraction of sp³-hybridized carbons (Fsp3) is 0.500. The molecular formula is C18H24N4OS.